The molecule has 0 fully saturated rings. The largest absolute Gasteiger partial charge is 0.508 e. The van der Waals surface area contributed by atoms with Crippen LogP contribution in [0.1, 0.15) is 20.7 Å². The highest BCUT2D eigenvalue weighted by atomic mass is 16.7. The van der Waals surface area contributed by atoms with Gasteiger partial charge in [-0.3, -0.25) is 9.59 Å². The van der Waals surface area contributed by atoms with Crippen LogP contribution < -0.4 is 0 Å². The van der Waals surface area contributed by atoms with E-state index < -0.39 is 29.2 Å². The molecule has 0 spiro atoms. The summed E-state index contributed by atoms with van der Waals surface area (Å²) in [7, 11) is 0. The number of allylic oxidation sites excluding steroid dienone is 3. The molecule has 2 aliphatic rings. The van der Waals surface area contributed by atoms with Crippen LogP contribution in [0.5, 0.6) is 5.75 Å². The van der Waals surface area contributed by atoms with Gasteiger partial charge in [-0.2, -0.15) is 0 Å². The molecule has 0 heterocycles. The number of aromatic hydroxyl groups is 1. The molecule has 0 aromatic heterocycles. The number of carbonyl (C=O) groups excluding carboxylic acids is 2. The number of benzene rings is 1. The highest BCUT2D eigenvalue weighted by Crippen LogP contribution is 2.40. The predicted molar refractivity (Wildman–Crippen MR) is 69.4 cm³/mol. The molecule has 0 saturated heterocycles. The van der Waals surface area contributed by atoms with Crippen LogP contribution in [-0.2, 0) is 4.84 Å². The SMILES string of the molecule is O=NOC1=C(O)C=CC2C(=O)c3cc(O)ccc3C(=O)C12. The number of Topliss-reactive ketones (excluding diaryl/α,β-unsaturated/α-hetero) is 2. The Bertz CT molecular complexity index is 733. The van der Waals surface area contributed by atoms with Crippen LogP contribution in [0, 0.1) is 16.7 Å². The predicted octanol–water partition coefficient (Wildman–Crippen LogP) is 2.04. The number of nitrogens with zero attached hydrogens (tertiary/aromatic N) is 1. The second kappa shape index (κ2) is 4.55. The number of aliphatic hydroxyl groups is 1. The summed E-state index contributed by atoms with van der Waals surface area (Å²) >= 11 is 0. The molecule has 0 aliphatic heterocycles. The molecule has 0 saturated carbocycles. The van der Waals surface area contributed by atoms with Gasteiger partial charge in [-0.15, -0.1) is 4.91 Å². The molecular weight excluding hydrogens is 278 g/mol. The van der Waals surface area contributed by atoms with Gasteiger partial charge in [0.1, 0.15) is 11.7 Å². The van der Waals surface area contributed by atoms with Gasteiger partial charge in [-0.25, -0.2) is 0 Å². The molecule has 2 aliphatic carbocycles. The van der Waals surface area contributed by atoms with Gasteiger partial charge in [0.25, 0.3) is 0 Å². The quantitative estimate of drug-likeness (QED) is 0.635. The van der Waals surface area contributed by atoms with E-state index in [2.05, 4.69) is 10.2 Å². The molecule has 1 aromatic rings. The van der Waals surface area contributed by atoms with Gasteiger partial charge >= 0.3 is 0 Å². The topological polar surface area (TPSA) is 113 Å². The van der Waals surface area contributed by atoms with Crippen molar-refractivity contribution in [2.75, 3.05) is 0 Å². The Labute approximate surface area is 118 Å². The van der Waals surface area contributed by atoms with Crippen LogP contribution in [0.2, 0.25) is 0 Å². The van der Waals surface area contributed by atoms with E-state index in [1.807, 2.05) is 0 Å². The van der Waals surface area contributed by atoms with E-state index in [1.54, 1.807) is 0 Å². The average molecular weight is 287 g/mol. The Morgan fingerprint density at radius 3 is 2.57 bits per heavy atom. The van der Waals surface area contributed by atoms with E-state index in [1.165, 1.54) is 30.4 Å². The number of phenols is 1. The lowest BCUT2D eigenvalue weighted by atomic mass is 9.71. The number of hydrogen-bond acceptors (Lipinski definition) is 7. The lowest BCUT2D eigenvalue weighted by Gasteiger charge is -2.30. The number of fused-ring (bicyclic) bond motifs is 2. The zero-order valence-corrected chi connectivity index (χ0v) is 10.5. The number of aliphatic hydroxyl groups excluding tert-OH is 1. The van der Waals surface area contributed by atoms with Crippen molar-refractivity contribution in [3.05, 3.63) is 57.9 Å². The number of hydrogen-bond donors (Lipinski definition) is 2. The molecule has 0 bridgehead atoms. The van der Waals surface area contributed by atoms with Crippen LogP contribution in [0.4, 0.5) is 0 Å². The van der Waals surface area contributed by atoms with Crippen molar-refractivity contribution in [2.24, 2.45) is 17.2 Å². The van der Waals surface area contributed by atoms with Crippen LogP contribution in [0.15, 0.2) is 47.2 Å². The first-order valence-corrected chi connectivity index (χ1v) is 6.07. The fourth-order valence-corrected chi connectivity index (χ4v) is 2.67. The van der Waals surface area contributed by atoms with Crippen LogP contribution in [0.25, 0.3) is 0 Å². The Morgan fingerprint density at radius 1 is 1.10 bits per heavy atom. The molecule has 0 radical (unpaired) electrons. The Hall–Kier alpha value is -2.96. The lowest BCUT2D eigenvalue weighted by molar-refractivity contribution is 0.0693. The summed E-state index contributed by atoms with van der Waals surface area (Å²) in [5.74, 6) is -3.80. The van der Waals surface area contributed by atoms with Crippen molar-refractivity contribution in [1.29, 1.82) is 0 Å². The minimum atomic E-state index is -1.13. The second-order valence-corrected chi connectivity index (χ2v) is 4.74. The summed E-state index contributed by atoms with van der Waals surface area (Å²) in [6.45, 7) is 0. The first-order valence-electron chi connectivity index (χ1n) is 6.07. The zero-order valence-electron chi connectivity index (χ0n) is 10.5. The smallest absolute Gasteiger partial charge is 0.191 e. The van der Waals surface area contributed by atoms with E-state index in [-0.39, 0.29) is 22.6 Å². The van der Waals surface area contributed by atoms with Crippen LogP contribution >= 0.6 is 0 Å². The molecular formula is C14H9NO6. The van der Waals surface area contributed by atoms with Crippen molar-refractivity contribution < 1.29 is 24.6 Å². The molecule has 2 N–H and O–H groups in total. The van der Waals surface area contributed by atoms with Gasteiger partial charge in [-0.05, 0) is 24.3 Å². The third-order valence-corrected chi connectivity index (χ3v) is 3.61. The summed E-state index contributed by atoms with van der Waals surface area (Å²) in [4.78, 5) is 39.7. The zero-order chi connectivity index (χ0) is 15.1. The molecule has 1 aromatic carbocycles. The number of carbonyl (C=O) groups is 2. The Kier molecular flexibility index (Phi) is 2.83. The third-order valence-electron chi connectivity index (χ3n) is 3.61. The van der Waals surface area contributed by atoms with E-state index >= 15 is 0 Å². The van der Waals surface area contributed by atoms with Crippen molar-refractivity contribution in [2.45, 2.75) is 0 Å². The summed E-state index contributed by atoms with van der Waals surface area (Å²) < 4.78 is 0. The second-order valence-electron chi connectivity index (χ2n) is 4.74. The van der Waals surface area contributed by atoms with Gasteiger partial charge < -0.3 is 15.1 Å². The van der Waals surface area contributed by atoms with Crippen molar-refractivity contribution in [3.8, 4) is 5.75 Å². The molecule has 7 nitrogen and oxygen atoms in total. The molecule has 7 heteroatoms. The van der Waals surface area contributed by atoms with Crippen LogP contribution in [-0.4, -0.2) is 21.8 Å². The molecule has 21 heavy (non-hydrogen) atoms. The van der Waals surface area contributed by atoms with E-state index in [0.29, 0.717) is 0 Å². The Morgan fingerprint density at radius 2 is 1.86 bits per heavy atom. The highest BCUT2D eigenvalue weighted by Gasteiger charge is 2.46. The minimum Gasteiger partial charge on any atom is -0.508 e. The monoisotopic (exact) mass is 287 g/mol. The summed E-state index contributed by atoms with van der Waals surface area (Å²) in [6.07, 6.45) is 2.55. The maximum atomic E-state index is 12.5. The summed E-state index contributed by atoms with van der Waals surface area (Å²) in [5.41, 5.74) is 0.208. The molecule has 106 valence electrons. The number of rotatable bonds is 2. The van der Waals surface area contributed by atoms with Crippen molar-refractivity contribution >= 4 is 11.6 Å². The van der Waals surface area contributed by atoms with Crippen molar-refractivity contribution in [1.82, 2.24) is 0 Å². The van der Waals surface area contributed by atoms with Gasteiger partial charge in [0.15, 0.2) is 28.4 Å². The van der Waals surface area contributed by atoms with E-state index in [0.717, 1.165) is 0 Å². The van der Waals surface area contributed by atoms with Gasteiger partial charge in [0.05, 0.1) is 5.92 Å². The summed E-state index contributed by atoms with van der Waals surface area (Å²) in [5, 5.41) is 21.4. The number of ketones is 2. The maximum Gasteiger partial charge on any atom is 0.191 e. The minimum absolute atomic E-state index is 0.103. The lowest BCUT2D eigenvalue weighted by Crippen LogP contribution is -2.38. The highest BCUT2D eigenvalue weighted by molar-refractivity contribution is 6.17. The van der Waals surface area contributed by atoms with Gasteiger partial charge in [-0.1, -0.05) is 6.08 Å². The molecule has 2 unspecified atom stereocenters. The van der Waals surface area contributed by atoms with E-state index in [9.17, 15) is 24.7 Å². The molecule has 3 rings (SSSR count). The van der Waals surface area contributed by atoms with Gasteiger partial charge in [0, 0.05) is 11.1 Å². The summed E-state index contributed by atoms with van der Waals surface area (Å²) in [6, 6.07) is 3.82. The number of phenolic OH excluding ortho intramolecular Hbond substituents is 1. The molecule has 0 amide bonds. The maximum absolute atomic E-state index is 12.5. The Balaban J connectivity index is 2.18. The normalized spacial score (nSPS) is 23.6. The molecule has 2 atom stereocenters. The average Bonchev–Trinajstić information content (AvgIpc) is 2.47. The fraction of sp³-hybridized carbons (Fsp3) is 0.143. The third kappa shape index (κ3) is 1.82. The van der Waals surface area contributed by atoms with Gasteiger partial charge in [0.2, 0.25) is 0 Å². The fourth-order valence-electron chi connectivity index (χ4n) is 2.67. The van der Waals surface area contributed by atoms with E-state index in [4.69, 9.17) is 0 Å². The standard InChI is InChI=1S/C14H9NO6/c16-6-1-2-7-9(5-6)12(18)8-3-4-10(17)14(21-15-20)11(8)13(7)19/h1-5,8,11,16-17H. The first-order chi connectivity index (χ1) is 10.0. The van der Waals surface area contributed by atoms with Crippen molar-refractivity contribution in [3.63, 3.8) is 0 Å². The van der Waals surface area contributed by atoms with Crippen LogP contribution in [0.3, 0.4) is 0 Å². The first kappa shape index (κ1) is 13.0.